The third-order valence-electron chi connectivity index (χ3n) is 1.86. The van der Waals surface area contributed by atoms with Crippen LogP contribution in [0.4, 0.5) is 0 Å². The lowest BCUT2D eigenvalue weighted by atomic mass is 10.3. The molecule has 0 atom stereocenters. The van der Waals surface area contributed by atoms with E-state index in [0.29, 0.717) is 5.82 Å². The number of rotatable bonds is 4. The minimum atomic E-state index is 0.681. The van der Waals surface area contributed by atoms with Crippen LogP contribution in [0, 0.1) is 0 Å². The first-order valence-corrected chi connectivity index (χ1v) is 4.40. The van der Waals surface area contributed by atoms with Gasteiger partial charge in [0.05, 0.1) is 0 Å². The van der Waals surface area contributed by atoms with Gasteiger partial charge in [-0.2, -0.15) is 5.10 Å². The van der Waals surface area contributed by atoms with Crippen LogP contribution in [0.1, 0.15) is 25.0 Å². The smallest absolute Gasteiger partial charge is 0.180 e. The number of hydrogen-bond donors (Lipinski definition) is 0. The summed E-state index contributed by atoms with van der Waals surface area (Å²) in [5, 5.41) is 4.23. The molecule has 0 amide bonds. The van der Waals surface area contributed by atoms with Gasteiger partial charge >= 0.3 is 0 Å². The molecule has 0 aliphatic rings. The highest BCUT2D eigenvalue weighted by Crippen LogP contribution is 2.09. The maximum Gasteiger partial charge on any atom is 0.180 e. The molecule has 3 heteroatoms. The Balaban J connectivity index is 2.94. The summed E-state index contributed by atoms with van der Waals surface area (Å²) in [6, 6.07) is 0. The van der Waals surface area contributed by atoms with Gasteiger partial charge in [0.25, 0.3) is 0 Å². The van der Waals surface area contributed by atoms with Crippen LogP contribution in [0.25, 0.3) is 5.57 Å². The fraction of sp³-hybridized carbons (Fsp3) is 0.400. The van der Waals surface area contributed by atoms with Crippen LogP contribution < -0.4 is 0 Å². The number of nitrogens with zero attached hydrogens (tertiary/aromatic N) is 3. The second-order valence-electron chi connectivity index (χ2n) is 2.95. The minimum absolute atomic E-state index is 0.681. The van der Waals surface area contributed by atoms with Crippen molar-refractivity contribution in [2.75, 3.05) is 0 Å². The Morgan fingerprint density at radius 2 is 2.31 bits per heavy atom. The van der Waals surface area contributed by atoms with E-state index in [1.807, 2.05) is 7.05 Å². The Morgan fingerprint density at radius 1 is 1.62 bits per heavy atom. The molecule has 1 rings (SSSR count). The number of hydrogen-bond acceptors (Lipinski definition) is 2. The van der Waals surface area contributed by atoms with Gasteiger partial charge in [0, 0.05) is 19.0 Å². The Kier molecular flexibility index (Phi) is 3.01. The summed E-state index contributed by atoms with van der Waals surface area (Å²) in [6.07, 6.45) is 3.70. The summed E-state index contributed by atoms with van der Waals surface area (Å²) in [7, 11) is 1.90. The summed E-state index contributed by atoms with van der Waals surface area (Å²) >= 11 is 0. The fourth-order valence-electron chi connectivity index (χ4n) is 1.09. The molecule has 0 aliphatic carbocycles. The van der Waals surface area contributed by atoms with Gasteiger partial charge in [0.2, 0.25) is 0 Å². The van der Waals surface area contributed by atoms with Crippen LogP contribution in [0.2, 0.25) is 0 Å². The molecule has 0 unspecified atom stereocenters. The first kappa shape index (κ1) is 9.71. The average Bonchev–Trinajstić information content (AvgIpc) is 2.47. The molecule has 0 radical (unpaired) electrons. The van der Waals surface area contributed by atoms with Crippen molar-refractivity contribution in [3.05, 3.63) is 30.9 Å². The standard InChI is InChI=1S/C10H15N3/c1-5-7-9-11-10(8(3)6-2)12-13(9)4/h6H,2-3,5,7H2,1,4H3. The molecular formula is C10H15N3. The molecule has 0 aromatic carbocycles. The topological polar surface area (TPSA) is 30.7 Å². The zero-order valence-corrected chi connectivity index (χ0v) is 8.25. The number of aromatic nitrogens is 3. The lowest BCUT2D eigenvalue weighted by Crippen LogP contribution is -1.98. The molecule has 3 nitrogen and oxygen atoms in total. The molecule has 1 aromatic heterocycles. The molecule has 0 fully saturated rings. The van der Waals surface area contributed by atoms with E-state index in [1.165, 1.54) is 0 Å². The van der Waals surface area contributed by atoms with E-state index in [0.717, 1.165) is 24.2 Å². The molecule has 1 aromatic rings. The third-order valence-corrected chi connectivity index (χ3v) is 1.86. The molecule has 0 saturated heterocycles. The van der Waals surface area contributed by atoms with Crippen LogP contribution in [0.15, 0.2) is 19.2 Å². The SMILES string of the molecule is C=CC(=C)c1nc(CCC)n(C)n1. The molecule has 13 heavy (non-hydrogen) atoms. The van der Waals surface area contributed by atoms with E-state index in [2.05, 4.69) is 30.2 Å². The van der Waals surface area contributed by atoms with E-state index >= 15 is 0 Å². The molecule has 0 N–H and O–H groups in total. The van der Waals surface area contributed by atoms with E-state index in [1.54, 1.807) is 10.8 Å². The molecule has 0 spiro atoms. The maximum atomic E-state index is 4.35. The first-order chi connectivity index (χ1) is 6.19. The van der Waals surface area contributed by atoms with Gasteiger partial charge in [-0.15, -0.1) is 0 Å². The van der Waals surface area contributed by atoms with E-state index in [4.69, 9.17) is 0 Å². The summed E-state index contributed by atoms with van der Waals surface area (Å²) in [6.45, 7) is 9.56. The third kappa shape index (κ3) is 2.05. The highest BCUT2D eigenvalue weighted by molar-refractivity contribution is 5.65. The van der Waals surface area contributed by atoms with Gasteiger partial charge < -0.3 is 0 Å². The monoisotopic (exact) mass is 177 g/mol. The molecule has 0 bridgehead atoms. The van der Waals surface area contributed by atoms with Crippen LogP contribution in [-0.4, -0.2) is 14.8 Å². The normalized spacial score (nSPS) is 10.0. The first-order valence-electron chi connectivity index (χ1n) is 4.40. The van der Waals surface area contributed by atoms with Crippen molar-refractivity contribution in [1.82, 2.24) is 14.8 Å². The number of aryl methyl sites for hydroxylation is 2. The number of allylic oxidation sites excluding steroid dienone is 2. The van der Waals surface area contributed by atoms with Gasteiger partial charge in [0.1, 0.15) is 5.82 Å². The summed E-state index contributed by atoms with van der Waals surface area (Å²) in [4.78, 5) is 4.35. The fourth-order valence-corrected chi connectivity index (χ4v) is 1.09. The minimum Gasteiger partial charge on any atom is -0.253 e. The van der Waals surface area contributed by atoms with E-state index in [9.17, 15) is 0 Å². The largest absolute Gasteiger partial charge is 0.253 e. The molecular weight excluding hydrogens is 162 g/mol. The molecule has 0 saturated carbocycles. The second kappa shape index (κ2) is 4.03. The van der Waals surface area contributed by atoms with Crippen molar-refractivity contribution in [3.63, 3.8) is 0 Å². The second-order valence-corrected chi connectivity index (χ2v) is 2.95. The highest BCUT2D eigenvalue weighted by Gasteiger charge is 2.06. The van der Waals surface area contributed by atoms with Crippen LogP contribution in [0.3, 0.4) is 0 Å². The van der Waals surface area contributed by atoms with Crippen molar-refractivity contribution < 1.29 is 0 Å². The van der Waals surface area contributed by atoms with Crippen molar-refractivity contribution in [3.8, 4) is 0 Å². The predicted octanol–water partition coefficient (Wildman–Crippen LogP) is 1.97. The zero-order chi connectivity index (χ0) is 9.84. The highest BCUT2D eigenvalue weighted by atomic mass is 15.3. The van der Waals surface area contributed by atoms with Gasteiger partial charge in [-0.05, 0) is 6.42 Å². The van der Waals surface area contributed by atoms with Crippen molar-refractivity contribution >= 4 is 5.57 Å². The summed E-state index contributed by atoms with van der Waals surface area (Å²) in [5.74, 6) is 1.68. The Labute approximate surface area is 78.8 Å². The van der Waals surface area contributed by atoms with Crippen molar-refractivity contribution in [2.45, 2.75) is 19.8 Å². The predicted molar refractivity (Wildman–Crippen MR) is 54.2 cm³/mol. The van der Waals surface area contributed by atoms with Gasteiger partial charge in [0.15, 0.2) is 5.82 Å². The Morgan fingerprint density at radius 3 is 2.85 bits per heavy atom. The maximum absolute atomic E-state index is 4.35. The molecule has 0 aliphatic heterocycles. The molecule has 1 heterocycles. The zero-order valence-electron chi connectivity index (χ0n) is 8.25. The van der Waals surface area contributed by atoms with Gasteiger partial charge in [-0.25, -0.2) is 4.98 Å². The lowest BCUT2D eigenvalue weighted by molar-refractivity contribution is 0.686. The van der Waals surface area contributed by atoms with Gasteiger partial charge in [-0.3, -0.25) is 4.68 Å². The van der Waals surface area contributed by atoms with Gasteiger partial charge in [-0.1, -0.05) is 26.2 Å². The van der Waals surface area contributed by atoms with Crippen molar-refractivity contribution in [1.29, 1.82) is 0 Å². The van der Waals surface area contributed by atoms with Crippen molar-refractivity contribution in [2.24, 2.45) is 7.05 Å². The molecule has 70 valence electrons. The van der Waals surface area contributed by atoms with E-state index < -0.39 is 0 Å². The summed E-state index contributed by atoms with van der Waals surface area (Å²) in [5.41, 5.74) is 0.776. The van der Waals surface area contributed by atoms with E-state index in [-0.39, 0.29) is 0 Å². The van der Waals surface area contributed by atoms with Crippen LogP contribution in [0.5, 0.6) is 0 Å². The lowest BCUT2D eigenvalue weighted by Gasteiger charge is -1.93. The van der Waals surface area contributed by atoms with Crippen LogP contribution >= 0.6 is 0 Å². The quantitative estimate of drug-likeness (QED) is 0.658. The Hall–Kier alpha value is -1.38. The van der Waals surface area contributed by atoms with Crippen LogP contribution in [-0.2, 0) is 13.5 Å². The summed E-state index contributed by atoms with van der Waals surface area (Å²) < 4.78 is 1.80. The average molecular weight is 177 g/mol. The Bertz CT molecular complexity index is 323.